The average Bonchev–Trinajstić information content (AvgIpc) is 2.61. The van der Waals surface area contributed by atoms with E-state index < -0.39 is 11.6 Å². The van der Waals surface area contributed by atoms with Crippen molar-refractivity contribution < 1.29 is 14.3 Å². The van der Waals surface area contributed by atoms with Gasteiger partial charge in [0, 0.05) is 24.6 Å². The van der Waals surface area contributed by atoms with Crippen molar-refractivity contribution in [3.05, 3.63) is 24.3 Å². The van der Waals surface area contributed by atoms with Gasteiger partial charge in [0.25, 0.3) is 5.91 Å². The normalized spacial score (nSPS) is 25.0. The molecule has 1 aliphatic rings. The summed E-state index contributed by atoms with van der Waals surface area (Å²) in [5.74, 6) is -0.752. The van der Waals surface area contributed by atoms with Crippen LogP contribution in [0.1, 0.15) is 33.1 Å². The molecule has 1 fully saturated rings. The third-order valence-electron chi connectivity index (χ3n) is 3.88. The van der Waals surface area contributed by atoms with Crippen molar-refractivity contribution in [2.24, 2.45) is 0 Å². The van der Waals surface area contributed by atoms with Crippen LogP contribution in [0.2, 0.25) is 0 Å². The summed E-state index contributed by atoms with van der Waals surface area (Å²) in [6, 6.07) is 0.111. The van der Waals surface area contributed by atoms with Gasteiger partial charge in [-0.1, -0.05) is 12.7 Å². The van der Waals surface area contributed by atoms with Crippen LogP contribution in [0.3, 0.4) is 0 Å². The Bertz CT molecular complexity index is 443. The molecule has 1 N–H and O–H groups in total. The molecule has 0 aromatic carbocycles. The van der Waals surface area contributed by atoms with Crippen molar-refractivity contribution in [1.29, 1.82) is 0 Å². The van der Waals surface area contributed by atoms with Gasteiger partial charge < -0.3 is 15.0 Å². The highest BCUT2D eigenvalue weighted by Crippen LogP contribution is 2.25. The van der Waals surface area contributed by atoms with E-state index in [0.717, 1.165) is 12.8 Å². The van der Waals surface area contributed by atoms with Gasteiger partial charge in [-0.25, -0.2) is 4.79 Å². The number of nitrogens with zero attached hydrogens (tertiary/aromatic N) is 1. The summed E-state index contributed by atoms with van der Waals surface area (Å²) in [6.45, 7) is 7.98. The Morgan fingerprint density at radius 2 is 2.14 bits per heavy atom. The minimum absolute atomic E-state index is 0.111. The van der Waals surface area contributed by atoms with Gasteiger partial charge in [-0.3, -0.25) is 4.79 Å². The number of esters is 1. The largest absolute Gasteiger partial charge is 0.441 e. The molecule has 0 aliphatic carbocycles. The Hall–Kier alpha value is -1.62. The van der Waals surface area contributed by atoms with Crippen molar-refractivity contribution in [3.63, 3.8) is 0 Å². The van der Waals surface area contributed by atoms with Gasteiger partial charge in [0.15, 0.2) is 0 Å². The molecule has 0 radical (unpaired) electrons. The summed E-state index contributed by atoms with van der Waals surface area (Å²) in [4.78, 5) is 26.4. The molecule has 0 spiro atoms. The zero-order valence-electron chi connectivity index (χ0n) is 13.4. The van der Waals surface area contributed by atoms with Gasteiger partial charge in [0.2, 0.25) is 5.60 Å². The maximum absolute atomic E-state index is 12.3. The van der Waals surface area contributed by atoms with Crippen molar-refractivity contribution in [1.82, 2.24) is 10.2 Å². The zero-order valence-corrected chi connectivity index (χ0v) is 13.4. The van der Waals surface area contributed by atoms with Crippen LogP contribution in [0, 0.1) is 0 Å². The summed E-state index contributed by atoms with van der Waals surface area (Å²) < 4.78 is 5.51. The molecular weight excluding hydrogens is 268 g/mol. The molecule has 1 aliphatic heterocycles. The van der Waals surface area contributed by atoms with E-state index in [9.17, 15) is 9.59 Å². The van der Waals surface area contributed by atoms with E-state index in [-0.39, 0.29) is 11.9 Å². The van der Waals surface area contributed by atoms with E-state index in [4.69, 9.17) is 4.74 Å². The number of rotatable bonds is 5. The smallest absolute Gasteiger partial charge is 0.334 e. The first-order valence-corrected chi connectivity index (χ1v) is 7.32. The monoisotopic (exact) mass is 294 g/mol. The maximum Gasteiger partial charge on any atom is 0.334 e. The number of nitrogens with one attached hydrogen (secondary N) is 1. The molecule has 5 nitrogen and oxygen atoms in total. The summed E-state index contributed by atoms with van der Waals surface area (Å²) >= 11 is 0. The molecule has 118 valence electrons. The fourth-order valence-electron chi connectivity index (χ4n) is 2.14. The molecule has 1 heterocycles. The molecule has 0 aromatic rings. The Balaban J connectivity index is 2.87. The van der Waals surface area contributed by atoms with Crippen molar-refractivity contribution >= 4 is 11.9 Å². The van der Waals surface area contributed by atoms with E-state index in [2.05, 4.69) is 11.9 Å². The highest BCUT2D eigenvalue weighted by Gasteiger charge is 2.40. The van der Waals surface area contributed by atoms with E-state index in [1.807, 2.05) is 32.0 Å². The van der Waals surface area contributed by atoms with Crippen LogP contribution in [0.15, 0.2) is 24.3 Å². The highest BCUT2D eigenvalue weighted by atomic mass is 16.6. The number of hydrogen-bond acceptors (Lipinski definition) is 4. The Kier molecular flexibility index (Phi) is 6.15. The Morgan fingerprint density at radius 3 is 2.71 bits per heavy atom. The predicted molar refractivity (Wildman–Crippen MR) is 82.8 cm³/mol. The van der Waals surface area contributed by atoms with Crippen LogP contribution in [0.5, 0.6) is 0 Å². The second kappa shape index (κ2) is 7.41. The second-order valence-corrected chi connectivity index (χ2v) is 5.75. The second-order valence-electron chi connectivity index (χ2n) is 5.75. The number of carbonyl (C=O) groups is 2. The molecular formula is C16H26N2O3. The molecule has 1 rings (SSSR count). The molecule has 0 aromatic heterocycles. The first-order valence-electron chi connectivity index (χ1n) is 7.32. The average molecular weight is 294 g/mol. The summed E-state index contributed by atoms with van der Waals surface area (Å²) in [6.07, 6.45) is 5.44. The van der Waals surface area contributed by atoms with E-state index >= 15 is 0 Å². The Labute approximate surface area is 127 Å². The molecule has 5 heteroatoms. The molecule has 1 amide bonds. The SMILES string of the molecule is C=CC1(OC(=O)/C(C)=C/C(C)N(C)C)CCCCNC1=O. The quantitative estimate of drug-likeness (QED) is 0.476. The fourth-order valence-corrected chi connectivity index (χ4v) is 2.14. The predicted octanol–water partition coefficient (Wildman–Crippen LogP) is 1.65. The lowest BCUT2D eigenvalue weighted by atomic mass is 9.96. The molecule has 21 heavy (non-hydrogen) atoms. The van der Waals surface area contributed by atoms with Crippen molar-refractivity contribution in [2.45, 2.75) is 44.8 Å². The third kappa shape index (κ3) is 4.43. The molecule has 0 bridgehead atoms. The lowest BCUT2D eigenvalue weighted by Gasteiger charge is -2.27. The van der Waals surface area contributed by atoms with Crippen LogP contribution in [-0.4, -0.2) is 49.1 Å². The van der Waals surface area contributed by atoms with Crippen molar-refractivity contribution in [3.8, 4) is 0 Å². The first kappa shape index (κ1) is 17.4. The topological polar surface area (TPSA) is 58.6 Å². The fraction of sp³-hybridized carbons (Fsp3) is 0.625. The van der Waals surface area contributed by atoms with Gasteiger partial charge in [-0.15, -0.1) is 0 Å². The van der Waals surface area contributed by atoms with E-state index in [0.29, 0.717) is 18.5 Å². The van der Waals surface area contributed by atoms with Crippen LogP contribution < -0.4 is 5.32 Å². The lowest BCUT2D eigenvalue weighted by molar-refractivity contribution is -0.160. The summed E-state index contributed by atoms with van der Waals surface area (Å²) in [5, 5.41) is 2.77. The van der Waals surface area contributed by atoms with E-state index in [1.54, 1.807) is 6.92 Å². The maximum atomic E-state index is 12.3. The summed E-state index contributed by atoms with van der Waals surface area (Å²) in [5.41, 5.74) is -0.751. The molecule has 2 unspecified atom stereocenters. The number of carbonyl (C=O) groups excluding carboxylic acids is 2. The van der Waals surface area contributed by atoms with Gasteiger partial charge in [-0.05, 0) is 46.9 Å². The minimum Gasteiger partial charge on any atom is -0.441 e. The summed E-state index contributed by atoms with van der Waals surface area (Å²) in [7, 11) is 3.87. The van der Waals surface area contributed by atoms with Crippen molar-refractivity contribution in [2.75, 3.05) is 20.6 Å². The number of amides is 1. The van der Waals surface area contributed by atoms with Gasteiger partial charge >= 0.3 is 5.97 Å². The van der Waals surface area contributed by atoms with Crippen LogP contribution in [0.4, 0.5) is 0 Å². The van der Waals surface area contributed by atoms with Gasteiger partial charge in [0.1, 0.15) is 0 Å². The van der Waals surface area contributed by atoms with Crippen LogP contribution in [0.25, 0.3) is 0 Å². The van der Waals surface area contributed by atoms with Gasteiger partial charge in [0.05, 0.1) is 0 Å². The lowest BCUT2D eigenvalue weighted by Crippen LogP contribution is -2.47. The first-order chi connectivity index (χ1) is 9.82. The molecule has 2 atom stereocenters. The zero-order chi connectivity index (χ0) is 16.0. The highest BCUT2D eigenvalue weighted by molar-refractivity contribution is 5.94. The van der Waals surface area contributed by atoms with E-state index in [1.165, 1.54) is 6.08 Å². The number of likely N-dealkylation sites (N-methyl/N-ethyl adjacent to an activating group) is 1. The van der Waals surface area contributed by atoms with Crippen LogP contribution >= 0.6 is 0 Å². The van der Waals surface area contributed by atoms with Crippen LogP contribution in [-0.2, 0) is 14.3 Å². The minimum atomic E-state index is -1.25. The number of ether oxygens (including phenoxy) is 1. The standard InChI is InChI=1S/C16H26N2O3/c1-6-16(9-7-8-10-17-15(16)20)21-14(19)12(2)11-13(3)18(4)5/h6,11,13H,1,7-10H2,2-5H3,(H,17,20)/b12-11+. The molecule has 1 saturated heterocycles. The van der Waals surface area contributed by atoms with Gasteiger partial charge in [-0.2, -0.15) is 0 Å². The Morgan fingerprint density at radius 1 is 1.48 bits per heavy atom. The number of hydrogen-bond donors (Lipinski definition) is 1. The third-order valence-corrected chi connectivity index (χ3v) is 3.88. The molecule has 0 saturated carbocycles.